The third-order valence-electron chi connectivity index (χ3n) is 9.78. The highest BCUT2D eigenvalue weighted by Crippen LogP contribution is 2.53. The standard InChI is InChI=1S/C38H41NO13/c1-3-22-5-4-6-25(17-22)18-26-34(51-32(44)13-9-23-7-11-27(40)29(42)19-23)38(52-33(45)14-10-24-8-12-28(41)30(43)20-24)31(21-36(26,48)35(46)47)50-16-15-37(38,49)39-2/h4-14,17,19-20,26,31,34,39-43,48-49H,3,15-16,18,21H2,1-2H3,(H,46,47). The number of likely N-dealkylation sites (N-methyl/N-ethyl adjacent to an activating group) is 1. The molecule has 2 fully saturated rings. The molecule has 3 aromatic rings. The van der Waals surface area contributed by atoms with Crippen LogP contribution in [0.1, 0.15) is 42.0 Å². The number of aromatic hydroxyl groups is 4. The molecule has 52 heavy (non-hydrogen) atoms. The molecule has 2 aliphatic rings. The summed E-state index contributed by atoms with van der Waals surface area (Å²) < 4.78 is 18.1. The van der Waals surface area contributed by atoms with Crippen molar-refractivity contribution in [3.8, 4) is 23.0 Å². The number of esters is 2. The summed E-state index contributed by atoms with van der Waals surface area (Å²) in [5, 5.41) is 76.8. The summed E-state index contributed by atoms with van der Waals surface area (Å²) in [4.78, 5) is 40.4. The zero-order valence-electron chi connectivity index (χ0n) is 28.4. The first kappa shape index (κ1) is 37.8. The zero-order chi connectivity index (χ0) is 37.8. The Balaban J connectivity index is 1.65. The van der Waals surface area contributed by atoms with Gasteiger partial charge in [-0.3, -0.25) is 5.32 Å². The van der Waals surface area contributed by atoms with Crippen molar-refractivity contribution in [1.82, 2.24) is 5.32 Å². The number of aliphatic carboxylic acids is 1. The molecule has 1 saturated carbocycles. The number of benzene rings is 3. The van der Waals surface area contributed by atoms with Gasteiger partial charge in [-0.25, -0.2) is 14.4 Å². The van der Waals surface area contributed by atoms with Crippen LogP contribution >= 0.6 is 0 Å². The van der Waals surface area contributed by atoms with Crippen molar-refractivity contribution in [2.24, 2.45) is 5.92 Å². The molecule has 5 rings (SSSR count). The molecule has 1 aliphatic heterocycles. The van der Waals surface area contributed by atoms with Gasteiger partial charge in [0.15, 0.2) is 40.4 Å². The summed E-state index contributed by atoms with van der Waals surface area (Å²) in [6.45, 7) is 1.77. The molecule has 0 spiro atoms. The fourth-order valence-electron chi connectivity index (χ4n) is 6.98. The second-order valence-corrected chi connectivity index (χ2v) is 12.9. The van der Waals surface area contributed by atoms with Gasteiger partial charge in [0.1, 0.15) is 6.10 Å². The van der Waals surface area contributed by atoms with Gasteiger partial charge in [-0.05, 0) is 78.6 Å². The monoisotopic (exact) mass is 719 g/mol. The van der Waals surface area contributed by atoms with Crippen LogP contribution in [0, 0.1) is 5.92 Å². The topological polar surface area (TPSA) is 233 Å². The number of hydrogen-bond donors (Lipinski definition) is 8. The molecular formula is C38H41NO13. The lowest BCUT2D eigenvalue weighted by Gasteiger charge is -2.61. The highest BCUT2D eigenvalue weighted by molar-refractivity contribution is 5.89. The van der Waals surface area contributed by atoms with Crippen LogP contribution in [0.15, 0.2) is 72.8 Å². The SMILES string of the molecule is CCc1cccc(CC2C(OC(=O)C=Cc3ccc(O)c(O)c3)C3(OC(=O)C=Cc4ccc(O)c(O)c4)C(CC2(O)C(=O)O)OCCC3(O)NC)c1. The third-order valence-corrected chi connectivity index (χ3v) is 9.78. The van der Waals surface area contributed by atoms with E-state index < -0.39 is 70.9 Å². The summed E-state index contributed by atoms with van der Waals surface area (Å²) in [6, 6.07) is 14.7. The number of hydrogen-bond acceptors (Lipinski definition) is 13. The third kappa shape index (κ3) is 7.32. The van der Waals surface area contributed by atoms with Crippen molar-refractivity contribution in [1.29, 1.82) is 0 Å². The number of phenols is 4. The van der Waals surface area contributed by atoms with E-state index in [-0.39, 0.29) is 42.1 Å². The number of rotatable bonds is 11. The van der Waals surface area contributed by atoms with Crippen LogP contribution in [0.2, 0.25) is 0 Å². The van der Waals surface area contributed by atoms with E-state index in [2.05, 4.69) is 5.32 Å². The highest BCUT2D eigenvalue weighted by atomic mass is 16.6. The molecule has 1 saturated heterocycles. The van der Waals surface area contributed by atoms with Crippen molar-refractivity contribution in [3.05, 3.63) is 95.1 Å². The maximum Gasteiger partial charge on any atom is 0.336 e. The van der Waals surface area contributed by atoms with Gasteiger partial charge < -0.3 is 50.0 Å². The molecule has 6 unspecified atom stereocenters. The van der Waals surface area contributed by atoms with Gasteiger partial charge in [0.2, 0.25) is 5.60 Å². The number of aryl methyl sites for hydroxylation is 1. The lowest BCUT2D eigenvalue weighted by molar-refractivity contribution is -0.339. The molecule has 0 bridgehead atoms. The number of aliphatic hydroxyl groups is 2. The molecule has 6 atom stereocenters. The minimum atomic E-state index is -2.63. The van der Waals surface area contributed by atoms with Gasteiger partial charge in [-0.15, -0.1) is 0 Å². The fraction of sp³-hybridized carbons (Fsp3) is 0.342. The summed E-state index contributed by atoms with van der Waals surface area (Å²) >= 11 is 0. The summed E-state index contributed by atoms with van der Waals surface area (Å²) in [7, 11) is 1.38. The predicted molar refractivity (Wildman–Crippen MR) is 185 cm³/mol. The quantitative estimate of drug-likeness (QED) is 0.0617. The Labute approximate surface area is 298 Å². The smallest absolute Gasteiger partial charge is 0.336 e. The van der Waals surface area contributed by atoms with Crippen molar-refractivity contribution >= 4 is 30.1 Å². The van der Waals surface area contributed by atoms with Crippen molar-refractivity contribution < 1.29 is 64.3 Å². The number of fused-ring (bicyclic) bond motifs is 1. The van der Waals surface area contributed by atoms with Crippen LogP contribution in [0.25, 0.3) is 12.2 Å². The summed E-state index contributed by atoms with van der Waals surface area (Å²) in [6.07, 6.45) is 0.553. The zero-order valence-corrected chi connectivity index (χ0v) is 28.4. The molecule has 0 radical (unpaired) electrons. The number of carboxylic acid groups (broad SMARTS) is 1. The van der Waals surface area contributed by atoms with Gasteiger partial charge in [0, 0.05) is 30.9 Å². The van der Waals surface area contributed by atoms with E-state index >= 15 is 0 Å². The Kier molecular flexibility index (Phi) is 11.0. The molecule has 276 valence electrons. The largest absolute Gasteiger partial charge is 0.504 e. The van der Waals surface area contributed by atoms with Crippen molar-refractivity contribution in [3.63, 3.8) is 0 Å². The molecule has 8 N–H and O–H groups in total. The van der Waals surface area contributed by atoms with Crippen LogP contribution in [-0.2, 0) is 41.4 Å². The minimum absolute atomic E-state index is 0.159. The average molecular weight is 720 g/mol. The van der Waals surface area contributed by atoms with Crippen LogP contribution in [0.5, 0.6) is 23.0 Å². The highest BCUT2D eigenvalue weighted by Gasteiger charge is 2.75. The molecule has 0 aromatic heterocycles. The van der Waals surface area contributed by atoms with Crippen LogP contribution in [0.3, 0.4) is 0 Å². The van der Waals surface area contributed by atoms with Gasteiger partial charge in [-0.1, -0.05) is 43.3 Å². The first-order chi connectivity index (χ1) is 24.6. The maximum atomic E-state index is 13.7. The van der Waals surface area contributed by atoms with E-state index in [1.165, 1.54) is 55.6 Å². The van der Waals surface area contributed by atoms with Gasteiger partial charge in [0.05, 0.1) is 6.61 Å². The van der Waals surface area contributed by atoms with Gasteiger partial charge in [0.25, 0.3) is 0 Å². The van der Waals surface area contributed by atoms with Crippen LogP contribution < -0.4 is 5.32 Å². The Bertz CT molecular complexity index is 1890. The van der Waals surface area contributed by atoms with Gasteiger partial charge >= 0.3 is 17.9 Å². The number of carboxylic acids is 1. The number of ether oxygens (including phenoxy) is 3. The first-order valence-electron chi connectivity index (χ1n) is 16.6. The van der Waals surface area contributed by atoms with Crippen LogP contribution in [-0.4, -0.2) is 96.4 Å². The Morgan fingerprint density at radius 1 is 0.865 bits per heavy atom. The van der Waals surface area contributed by atoms with Crippen molar-refractivity contribution in [2.75, 3.05) is 13.7 Å². The number of phenolic OH excluding ortho intramolecular Hbond substituents is 4. The Morgan fingerprint density at radius 2 is 1.46 bits per heavy atom. The average Bonchev–Trinajstić information content (AvgIpc) is 3.11. The van der Waals surface area contributed by atoms with E-state index in [0.717, 1.165) is 17.7 Å². The molecule has 1 aliphatic carbocycles. The Hall–Kier alpha value is -5.41. The molecule has 14 nitrogen and oxygen atoms in total. The van der Waals surface area contributed by atoms with E-state index in [9.17, 15) is 50.1 Å². The first-order valence-corrected chi connectivity index (χ1v) is 16.6. The number of carbonyl (C=O) groups is 3. The summed E-state index contributed by atoms with van der Waals surface area (Å²) in [5.74, 6) is -7.05. The minimum Gasteiger partial charge on any atom is -0.504 e. The van der Waals surface area contributed by atoms with E-state index in [1.807, 2.05) is 13.0 Å². The van der Waals surface area contributed by atoms with Crippen LogP contribution in [0.4, 0.5) is 0 Å². The number of carbonyl (C=O) groups excluding carboxylic acids is 2. The molecule has 1 heterocycles. The number of nitrogens with one attached hydrogen (secondary N) is 1. The summed E-state index contributed by atoms with van der Waals surface area (Å²) in [5.41, 5.74) is -5.18. The maximum absolute atomic E-state index is 13.7. The predicted octanol–water partition coefficient (Wildman–Crippen LogP) is 2.77. The molecule has 3 aromatic carbocycles. The van der Waals surface area contributed by atoms with E-state index in [4.69, 9.17) is 14.2 Å². The van der Waals surface area contributed by atoms with E-state index in [1.54, 1.807) is 18.2 Å². The molecule has 14 heteroatoms. The normalized spacial score (nSPS) is 27.3. The van der Waals surface area contributed by atoms with E-state index in [0.29, 0.717) is 12.0 Å². The fourth-order valence-corrected chi connectivity index (χ4v) is 6.98. The molecular weight excluding hydrogens is 678 g/mol. The second-order valence-electron chi connectivity index (χ2n) is 12.9. The van der Waals surface area contributed by atoms with Crippen molar-refractivity contribution in [2.45, 2.75) is 61.7 Å². The lowest BCUT2D eigenvalue weighted by atomic mass is 9.58. The van der Waals surface area contributed by atoms with Gasteiger partial charge in [-0.2, -0.15) is 0 Å². The Morgan fingerprint density at radius 3 is 2.02 bits per heavy atom. The second kappa shape index (κ2) is 15.1. The molecule has 0 amide bonds. The lowest BCUT2D eigenvalue weighted by Crippen LogP contribution is -2.83.